The Balaban J connectivity index is 2.99. The van der Waals surface area contributed by atoms with Gasteiger partial charge in [0.25, 0.3) is 0 Å². The van der Waals surface area contributed by atoms with E-state index in [1.165, 1.54) is 5.69 Å². The Morgan fingerprint density at radius 1 is 1.20 bits per heavy atom. The fourth-order valence-corrected chi connectivity index (χ4v) is 1.88. The van der Waals surface area contributed by atoms with Gasteiger partial charge in [0.2, 0.25) is 0 Å². The Hall–Kier alpha value is -1.18. The smallest absolute Gasteiger partial charge is 0.120 e. The predicted molar refractivity (Wildman–Crippen MR) is 65.7 cm³/mol. The summed E-state index contributed by atoms with van der Waals surface area (Å²) in [4.78, 5) is 2.21. The zero-order valence-electron chi connectivity index (χ0n) is 9.95. The van der Waals surface area contributed by atoms with Crippen LogP contribution in [0.1, 0.15) is 32.3 Å². The second kappa shape index (κ2) is 5.64. The number of nitrogens with zero attached hydrogens (tertiary/aromatic N) is 1. The standard InChI is InChI=1S/C13H21NO/c1-4-7-11-12(14(3)10-5-2)8-6-9-13(11)15/h6,8-9,15H,4-5,7,10H2,1-3H3. The van der Waals surface area contributed by atoms with Crippen molar-refractivity contribution >= 4 is 5.69 Å². The molecule has 0 saturated carbocycles. The quantitative estimate of drug-likeness (QED) is 0.801. The lowest BCUT2D eigenvalue weighted by Crippen LogP contribution is -2.19. The first kappa shape index (κ1) is 11.9. The van der Waals surface area contributed by atoms with Crippen molar-refractivity contribution in [3.8, 4) is 5.75 Å². The Bertz CT molecular complexity index is 309. The molecule has 0 heterocycles. The molecule has 1 aromatic rings. The molecule has 0 fully saturated rings. The summed E-state index contributed by atoms with van der Waals surface area (Å²) in [6, 6.07) is 5.77. The molecule has 0 aromatic heterocycles. The zero-order chi connectivity index (χ0) is 11.3. The van der Waals surface area contributed by atoms with Crippen LogP contribution in [0.15, 0.2) is 18.2 Å². The summed E-state index contributed by atoms with van der Waals surface area (Å²) in [5.41, 5.74) is 2.25. The number of rotatable bonds is 5. The van der Waals surface area contributed by atoms with E-state index in [0.29, 0.717) is 5.75 Å². The van der Waals surface area contributed by atoms with Crippen LogP contribution in [-0.4, -0.2) is 18.7 Å². The van der Waals surface area contributed by atoms with Gasteiger partial charge in [0.1, 0.15) is 5.75 Å². The minimum atomic E-state index is 0.428. The van der Waals surface area contributed by atoms with Gasteiger partial charge in [-0.2, -0.15) is 0 Å². The first-order valence-corrected chi connectivity index (χ1v) is 5.72. The number of aromatic hydroxyl groups is 1. The summed E-state index contributed by atoms with van der Waals surface area (Å²) in [5, 5.41) is 9.81. The predicted octanol–water partition coefficient (Wildman–Crippen LogP) is 3.19. The highest BCUT2D eigenvalue weighted by atomic mass is 16.3. The third-order valence-electron chi connectivity index (χ3n) is 2.60. The van der Waals surface area contributed by atoms with Gasteiger partial charge in [-0.15, -0.1) is 0 Å². The molecular formula is C13H21NO. The van der Waals surface area contributed by atoms with E-state index in [-0.39, 0.29) is 0 Å². The van der Waals surface area contributed by atoms with Crippen molar-refractivity contribution in [2.45, 2.75) is 33.1 Å². The molecule has 1 N–H and O–H groups in total. The summed E-state index contributed by atoms with van der Waals surface area (Å²) in [6.45, 7) is 5.33. The first-order valence-electron chi connectivity index (χ1n) is 5.72. The minimum absolute atomic E-state index is 0.428. The molecule has 15 heavy (non-hydrogen) atoms. The molecule has 2 nitrogen and oxygen atoms in total. The highest BCUT2D eigenvalue weighted by Gasteiger charge is 2.09. The maximum Gasteiger partial charge on any atom is 0.120 e. The van der Waals surface area contributed by atoms with E-state index in [4.69, 9.17) is 0 Å². The van der Waals surface area contributed by atoms with E-state index < -0.39 is 0 Å². The van der Waals surface area contributed by atoms with Crippen molar-refractivity contribution in [1.82, 2.24) is 0 Å². The van der Waals surface area contributed by atoms with Gasteiger partial charge in [-0.3, -0.25) is 0 Å². The second-order valence-electron chi connectivity index (χ2n) is 3.95. The molecule has 0 aliphatic heterocycles. The van der Waals surface area contributed by atoms with E-state index in [2.05, 4.69) is 31.9 Å². The molecule has 0 aliphatic rings. The van der Waals surface area contributed by atoms with Gasteiger partial charge >= 0.3 is 0 Å². The Kier molecular flexibility index (Phi) is 4.47. The summed E-state index contributed by atoms with van der Waals surface area (Å²) in [5.74, 6) is 0.428. The van der Waals surface area contributed by atoms with Crippen LogP contribution >= 0.6 is 0 Å². The maximum atomic E-state index is 9.81. The second-order valence-corrected chi connectivity index (χ2v) is 3.95. The van der Waals surface area contributed by atoms with Crippen molar-refractivity contribution in [3.63, 3.8) is 0 Å². The molecule has 0 atom stereocenters. The Labute approximate surface area is 92.5 Å². The van der Waals surface area contributed by atoms with Gasteiger partial charge in [0.05, 0.1) is 0 Å². The molecule has 1 rings (SSSR count). The molecule has 0 radical (unpaired) electrons. The van der Waals surface area contributed by atoms with Gasteiger partial charge in [-0.05, 0) is 25.0 Å². The minimum Gasteiger partial charge on any atom is -0.508 e. The summed E-state index contributed by atoms with van der Waals surface area (Å²) in [6.07, 6.45) is 3.12. The van der Waals surface area contributed by atoms with E-state index in [0.717, 1.165) is 31.4 Å². The molecule has 0 spiro atoms. The van der Waals surface area contributed by atoms with Gasteiger partial charge in [-0.1, -0.05) is 26.3 Å². The van der Waals surface area contributed by atoms with Crippen LogP contribution < -0.4 is 4.90 Å². The van der Waals surface area contributed by atoms with E-state index >= 15 is 0 Å². The third-order valence-corrected chi connectivity index (χ3v) is 2.60. The van der Waals surface area contributed by atoms with Gasteiger partial charge < -0.3 is 10.0 Å². The fraction of sp³-hybridized carbons (Fsp3) is 0.538. The summed E-state index contributed by atoms with van der Waals surface area (Å²) < 4.78 is 0. The molecule has 0 saturated heterocycles. The van der Waals surface area contributed by atoms with Crippen LogP contribution in [-0.2, 0) is 6.42 Å². The van der Waals surface area contributed by atoms with Crippen molar-refractivity contribution in [1.29, 1.82) is 0 Å². The summed E-state index contributed by atoms with van der Waals surface area (Å²) in [7, 11) is 2.08. The SMILES string of the molecule is CCCc1c(O)cccc1N(C)CCC. The molecular weight excluding hydrogens is 186 g/mol. The Morgan fingerprint density at radius 2 is 1.93 bits per heavy atom. The van der Waals surface area contributed by atoms with E-state index in [1.807, 2.05) is 6.07 Å². The highest BCUT2D eigenvalue weighted by molar-refractivity contribution is 5.58. The van der Waals surface area contributed by atoms with Crippen LogP contribution in [0.4, 0.5) is 5.69 Å². The van der Waals surface area contributed by atoms with Gasteiger partial charge in [0, 0.05) is 24.8 Å². The van der Waals surface area contributed by atoms with Crippen molar-refractivity contribution in [2.24, 2.45) is 0 Å². The first-order chi connectivity index (χ1) is 7.20. The topological polar surface area (TPSA) is 23.5 Å². The third kappa shape index (κ3) is 2.88. The average Bonchev–Trinajstić information content (AvgIpc) is 2.21. The molecule has 0 aliphatic carbocycles. The largest absolute Gasteiger partial charge is 0.508 e. The molecule has 1 aromatic carbocycles. The lowest BCUT2D eigenvalue weighted by Gasteiger charge is -2.22. The van der Waals surface area contributed by atoms with Gasteiger partial charge in [-0.25, -0.2) is 0 Å². The molecule has 84 valence electrons. The van der Waals surface area contributed by atoms with E-state index in [1.54, 1.807) is 6.07 Å². The van der Waals surface area contributed by atoms with Crippen LogP contribution in [0.2, 0.25) is 0 Å². The number of phenols is 1. The van der Waals surface area contributed by atoms with E-state index in [9.17, 15) is 5.11 Å². The summed E-state index contributed by atoms with van der Waals surface area (Å²) >= 11 is 0. The van der Waals surface area contributed by atoms with Crippen molar-refractivity contribution in [2.75, 3.05) is 18.5 Å². The van der Waals surface area contributed by atoms with Crippen LogP contribution in [0.3, 0.4) is 0 Å². The maximum absolute atomic E-state index is 9.81. The van der Waals surface area contributed by atoms with Crippen LogP contribution in [0.5, 0.6) is 5.75 Å². The number of benzene rings is 1. The highest BCUT2D eigenvalue weighted by Crippen LogP contribution is 2.29. The lowest BCUT2D eigenvalue weighted by molar-refractivity contribution is 0.467. The van der Waals surface area contributed by atoms with Crippen molar-refractivity contribution in [3.05, 3.63) is 23.8 Å². The number of hydrogen-bond donors (Lipinski definition) is 1. The van der Waals surface area contributed by atoms with Crippen LogP contribution in [0.25, 0.3) is 0 Å². The normalized spacial score (nSPS) is 10.3. The molecule has 0 amide bonds. The zero-order valence-corrected chi connectivity index (χ0v) is 9.95. The Morgan fingerprint density at radius 3 is 2.53 bits per heavy atom. The number of anilines is 1. The van der Waals surface area contributed by atoms with Crippen molar-refractivity contribution < 1.29 is 5.11 Å². The van der Waals surface area contributed by atoms with Crippen LogP contribution in [0, 0.1) is 0 Å². The average molecular weight is 207 g/mol. The molecule has 0 unspecified atom stereocenters. The molecule has 0 bridgehead atoms. The monoisotopic (exact) mass is 207 g/mol. The number of hydrogen-bond acceptors (Lipinski definition) is 2. The lowest BCUT2D eigenvalue weighted by atomic mass is 10.1. The molecule has 2 heteroatoms. The fourth-order valence-electron chi connectivity index (χ4n) is 1.88. The number of phenolic OH excluding ortho intramolecular Hbond substituents is 1. The van der Waals surface area contributed by atoms with Gasteiger partial charge in [0.15, 0.2) is 0 Å².